The minimum absolute atomic E-state index is 0.122. The molecule has 1 heterocycles. The summed E-state index contributed by atoms with van der Waals surface area (Å²) in [4.78, 5) is 14.7. The Morgan fingerprint density at radius 1 is 1.79 bits per heavy atom. The van der Waals surface area contributed by atoms with Crippen LogP contribution in [0.1, 0.15) is 22.1 Å². The number of aromatic carboxylic acids is 1. The van der Waals surface area contributed by atoms with E-state index in [4.69, 9.17) is 15.6 Å². The average Bonchev–Trinajstić information content (AvgIpc) is 2.18. The van der Waals surface area contributed by atoms with Crippen LogP contribution in [0, 0.1) is 0 Å². The number of rotatable bonds is 4. The van der Waals surface area contributed by atoms with Gasteiger partial charge in [0, 0.05) is 13.3 Å². The molecule has 14 heavy (non-hydrogen) atoms. The molecule has 0 aromatic carbocycles. The Morgan fingerprint density at radius 3 is 3.07 bits per heavy atom. The van der Waals surface area contributed by atoms with Gasteiger partial charge in [0.2, 0.25) is 0 Å². The zero-order valence-corrected chi connectivity index (χ0v) is 7.80. The van der Waals surface area contributed by atoms with Gasteiger partial charge in [-0.2, -0.15) is 0 Å². The van der Waals surface area contributed by atoms with E-state index >= 15 is 0 Å². The van der Waals surface area contributed by atoms with Gasteiger partial charge >= 0.3 is 5.97 Å². The van der Waals surface area contributed by atoms with E-state index in [0.29, 0.717) is 5.69 Å². The molecule has 5 heteroatoms. The number of pyridine rings is 1. The summed E-state index contributed by atoms with van der Waals surface area (Å²) in [5, 5.41) is 8.85. The largest absolute Gasteiger partial charge is 0.478 e. The van der Waals surface area contributed by atoms with E-state index in [1.807, 2.05) is 0 Å². The summed E-state index contributed by atoms with van der Waals surface area (Å²) in [6.07, 6.45) is 1.51. The summed E-state index contributed by atoms with van der Waals surface area (Å²) in [5.74, 6) is -1.03. The van der Waals surface area contributed by atoms with Crippen LogP contribution in [-0.2, 0) is 4.74 Å². The molecule has 0 spiro atoms. The summed E-state index contributed by atoms with van der Waals surface area (Å²) >= 11 is 0. The van der Waals surface area contributed by atoms with Crippen molar-refractivity contribution in [3.05, 3.63) is 29.6 Å². The van der Waals surface area contributed by atoms with Crippen LogP contribution in [0.3, 0.4) is 0 Å². The maximum atomic E-state index is 10.8. The number of nitrogens with zero attached hydrogens (tertiary/aromatic N) is 1. The molecule has 1 unspecified atom stereocenters. The first-order valence-electron chi connectivity index (χ1n) is 4.09. The smallest absolute Gasteiger partial charge is 0.337 e. The van der Waals surface area contributed by atoms with E-state index in [2.05, 4.69) is 4.98 Å². The lowest BCUT2D eigenvalue weighted by atomic mass is 10.1. The lowest BCUT2D eigenvalue weighted by Crippen LogP contribution is -2.20. The molecular formula is C9H12N2O3. The Labute approximate surface area is 81.5 Å². The summed E-state index contributed by atoms with van der Waals surface area (Å²) in [5.41, 5.74) is 6.16. The topological polar surface area (TPSA) is 85.4 Å². The molecule has 1 aromatic heterocycles. The molecule has 0 saturated heterocycles. The van der Waals surface area contributed by atoms with Crippen LogP contribution >= 0.6 is 0 Å². The highest BCUT2D eigenvalue weighted by molar-refractivity contribution is 5.88. The molecule has 1 aromatic rings. The lowest BCUT2D eigenvalue weighted by Gasteiger charge is -2.11. The summed E-state index contributed by atoms with van der Waals surface area (Å²) in [7, 11) is 1.50. The first-order valence-corrected chi connectivity index (χ1v) is 4.09. The molecule has 0 saturated carbocycles. The molecule has 0 radical (unpaired) electrons. The monoisotopic (exact) mass is 196 g/mol. The van der Waals surface area contributed by atoms with Gasteiger partial charge in [-0.1, -0.05) is 0 Å². The number of nitrogens with two attached hydrogens (primary N) is 1. The highest BCUT2D eigenvalue weighted by Crippen LogP contribution is 2.13. The Balaban J connectivity index is 3.00. The first kappa shape index (κ1) is 10.6. The van der Waals surface area contributed by atoms with E-state index in [1.54, 1.807) is 6.07 Å². The molecule has 0 aliphatic carbocycles. The number of carboxylic acids is 1. The highest BCUT2D eigenvalue weighted by Gasteiger charge is 2.16. The Hall–Kier alpha value is -1.46. The van der Waals surface area contributed by atoms with E-state index < -0.39 is 12.0 Å². The SMILES string of the molecule is COCC(N)c1ncccc1C(=O)O. The van der Waals surface area contributed by atoms with Crippen LogP contribution in [0.4, 0.5) is 0 Å². The number of ether oxygens (including phenoxy) is 1. The van der Waals surface area contributed by atoms with Crippen molar-refractivity contribution >= 4 is 5.97 Å². The van der Waals surface area contributed by atoms with Crippen LogP contribution in [0.2, 0.25) is 0 Å². The fourth-order valence-corrected chi connectivity index (χ4v) is 1.15. The van der Waals surface area contributed by atoms with Crippen molar-refractivity contribution in [2.45, 2.75) is 6.04 Å². The van der Waals surface area contributed by atoms with Gasteiger partial charge in [0.05, 0.1) is 23.9 Å². The molecular weight excluding hydrogens is 184 g/mol. The molecule has 0 aliphatic heterocycles. The van der Waals surface area contributed by atoms with Gasteiger partial charge in [-0.25, -0.2) is 4.79 Å². The quantitative estimate of drug-likeness (QED) is 0.729. The molecule has 0 fully saturated rings. The molecule has 0 amide bonds. The van der Waals surface area contributed by atoms with Crippen molar-refractivity contribution in [2.75, 3.05) is 13.7 Å². The minimum atomic E-state index is -1.03. The van der Waals surface area contributed by atoms with Crippen LogP contribution in [0.25, 0.3) is 0 Å². The van der Waals surface area contributed by atoms with Crippen LogP contribution in [-0.4, -0.2) is 29.8 Å². The zero-order valence-electron chi connectivity index (χ0n) is 7.80. The van der Waals surface area contributed by atoms with Crippen molar-refractivity contribution < 1.29 is 14.6 Å². The van der Waals surface area contributed by atoms with Crippen LogP contribution in [0.5, 0.6) is 0 Å². The number of hydrogen-bond donors (Lipinski definition) is 2. The van der Waals surface area contributed by atoms with Crippen molar-refractivity contribution in [1.82, 2.24) is 4.98 Å². The summed E-state index contributed by atoms with van der Waals surface area (Å²) < 4.78 is 4.83. The number of aromatic nitrogens is 1. The number of methoxy groups -OCH3 is 1. The molecule has 0 bridgehead atoms. The van der Waals surface area contributed by atoms with Crippen LogP contribution in [0.15, 0.2) is 18.3 Å². The summed E-state index contributed by atoms with van der Waals surface area (Å²) in [6.45, 7) is 0.247. The molecule has 5 nitrogen and oxygen atoms in total. The van der Waals surface area contributed by atoms with E-state index in [-0.39, 0.29) is 12.2 Å². The molecule has 0 aliphatic rings. The molecule has 3 N–H and O–H groups in total. The standard InChI is InChI=1S/C9H12N2O3/c1-14-5-7(10)8-6(9(12)13)3-2-4-11-8/h2-4,7H,5,10H2,1H3,(H,12,13). The first-order chi connectivity index (χ1) is 6.66. The number of carboxylic acid groups (broad SMARTS) is 1. The second-order valence-electron chi connectivity index (χ2n) is 2.80. The Bertz CT molecular complexity index is 328. The van der Waals surface area contributed by atoms with Crippen molar-refractivity contribution in [3.63, 3.8) is 0 Å². The van der Waals surface area contributed by atoms with Crippen molar-refractivity contribution in [2.24, 2.45) is 5.73 Å². The third-order valence-corrected chi connectivity index (χ3v) is 1.77. The van der Waals surface area contributed by atoms with Gasteiger partial charge in [0.1, 0.15) is 0 Å². The highest BCUT2D eigenvalue weighted by atomic mass is 16.5. The van der Waals surface area contributed by atoms with E-state index in [0.717, 1.165) is 0 Å². The second kappa shape index (κ2) is 4.69. The maximum Gasteiger partial charge on any atom is 0.337 e. The fraction of sp³-hybridized carbons (Fsp3) is 0.333. The fourth-order valence-electron chi connectivity index (χ4n) is 1.15. The predicted molar refractivity (Wildman–Crippen MR) is 50.0 cm³/mol. The maximum absolute atomic E-state index is 10.8. The van der Waals surface area contributed by atoms with E-state index in [1.165, 1.54) is 19.4 Å². The lowest BCUT2D eigenvalue weighted by molar-refractivity contribution is 0.0693. The molecule has 76 valence electrons. The Kier molecular flexibility index (Phi) is 3.55. The van der Waals surface area contributed by atoms with Gasteiger partial charge in [-0.15, -0.1) is 0 Å². The van der Waals surface area contributed by atoms with Gasteiger partial charge in [-0.05, 0) is 12.1 Å². The summed E-state index contributed by atoms with van der Waals surface area (Å²) in [6, 6.07) is 2.53. The average molecular weight is 196 g/mol. The normalized spacial score (nSPS) is 12.4. The third-order valence-electron chi connectivity index (χ3n) is 1.77. The van der Waals surface area contributed by atoms with Gasteiger partial charge in [0.15, 0.2) is 0 Å². The van der Waals surface area contributed by atoms with Gasteiger partial charge in [0.25, 0.3) is 0 Å². The van der Waals surface area contributed by atoms with Gasteiger partial charge < -0.3 is 15.6 Å². The predicted octanol–water partition coefficient (Wildman–Crippen LogP) is 0.426. The van der Waals surface area contributed by atoms with E-state index in [9.17, 15) is 4.79 Å². The minimum Gasteiger partial charge on any atom is -0.478 e. The Morgan fingerprint density at radius 2 is 2.50 bits per heavy atom. The van der Waals surface area contributed by atoms with Crippen molar-refractivity contribution in [1.29, 1.82) is 0 Å². The number of carbonyl (C=O) groups is 1. The molecule has 1 rings (SSSR count). The van der Waals surface area contributed by atoms with Crippen molar-refractivity contribution in [3.8, 4) is 0 Å². The van der Waals surface area contributed by atoms with Crippen LogP contribution < -0.4 is 5.73 Å². The van der Waals surface area contributed by atoms with Gasteiger partial charge in [-0.3, -0.25) is 4.98 Å². The molecule has 1 atom stereocenters. The second-order valence-corrected chi connectivity index (χ2v) is 2.80. The third kappa shape index (κ3) is 2.27. The number of hydrogen-bond acceptors (Lipinski definition) is 4. The zero-order chi connectivity index (χ0) is 10.6.